The van der Waals surface area contributed by atoms with E-state index in [9.17, 15) is 14.4 Å². The molecule has 1 unspecified atom stereocenters. The fraction of sp³-hybridized carbons (Fsp3) is 0.943. The fourth-order valence-corrected chi connectivity index (χ4v) is 7.91. The Balaban J connectivity index is 4.34. The number of rotatable bonds is 46. The maximum absolute atomic E-state index is 12.8. The van der Waals surface area contributed by atoms with Crippen LogP contribution in [-0.2, 0) is 28.6 Å². The van der Waals surface area contributed by atoms with Gasteiger partial charge in [0.2, 0.25) is 0 Å². The molecule has 0 rings (SSSR count). The number of carbonyl (C=O) groups excluding carboxylic acids is 3. The molecule has 0 aromatic rings. The predicted octanol–water partition coefficient (Wildman–Crippen LogP) is 16.8. The van der Waals surface area contributed by atoms with Crippen molar-refractivity contribution in [3.05, 3.63) is 0 Å². The van der Waals surface area contributed by atoms with E-state index >= 15 is 0 Å². The van der Waals surface area contributed by atoms with Gasteiger partial charge >= 0.3 is 17.9 Å². The summed E-state index contributed by atoms with van der Waals surface area (Å²) in [6, 6.07) is 0. The zero-order valence-electron chi connectivity index (χ0n) is 40.5. The average molecular weight is 835 g/mol. The van der Waals surface area contributed by atoms with Crippen LogP contribution < -0.4 is 0 Å². The van der Waals surface area contributed by atoms with E-state index in [0.29, 0.717) is 19.3 Å². The van der Waals surface area contributed by atoms with E-state index in [1.54, 1.807) is 0 Å². The molecule has 0 aromatic carbocycles. The van der Waals surface area contributed by atoms with Gasteiger partial charge in [-0.05, 0) is 37.0 Å². The molecule has 350 valence electrons. The fourth-order valence-electron chi connectivity index (χ4n) is 7.91. The largest absolute Gasteiger partial charge is 0.462 e. The molecule has 0 spiro atoms. The van der Waals surface area contributed by atoms with Crippen molar-refractivity contribution >= 4 is 17.9 Å². The molecule has 0 amide bonds. The van der Waals surface area contributed by atoms with Crippen LogP contribution in [0, 0.1) is 17.8 Å². The van der Waals surface area contributed by atoms with Crippen LogP contribution in [0.1, 0.15) is 286 Å². The molecule has 0 aromatic heterocycles. The molecule has 0 radical (unpaired) electrons. The smallest absolute Gasteiger partial charge is 0.306 e. The van der Waals surface area contributed by atoms with Crippen molar-refractivity contribution in [3.63, 3.8) is 0 Å². The van der Waals surface area contributed by atoms with Crippen LogP contribution in [0.5, 0.6) is 0 Å². The van der Waals surface area contributed by atoms with Crippen LogP contribution in [0.4, 0.5) is 0 Å². The van der Waals surface area contributed by atoms with E-state index in [1.807, 2.05) is 0 Å². The van der Waals surface area contributed by atoms with Gasteiger partial charge in [-0.3, -0.25) is 14.4 Å². The van der Waals surface area contributed by atoms with E-state index in [4.69, 9.17) is 14.2 Å². The van der Waals surface area contributed by atoms with Gasteiger partial charge in [-0.15, -0.1) is 0 Å². The molecule has 0 saturated heterocycles. The van der Waals surface area contributed by atoms with Crippen molar-refractivity contribution in [2.24, 2.45) is 17.8 Å². The second-order valence-electron chi connectivity index (χ2n) is 19.4. The minimum Gasteiger partial charge on any atom is -0.462 e. The molecule has 0 heterocycles. The minimum atomic E-state index is -0.763. The molecular weight excluding hydrogens is 733 g/mol. The van der Waals surface area contributed by atoms with Crippen molar-refractivity contribution in [1.82, 2.24) is 0 Å². The Morgan fingerprint density at radius 1 is 0.339 bits per heavy atom. The second kappa shape index (κ2) is 44.5. The van der Waals surface area contributed by atoms with E-state index in [2.05, 4.69) is 41.5 Å². The quantitative estimate of drug-likeness (QED) is 0.0345. The van der Waals surface area contributed by atoms with Gasteiger partial charge in [0, 0.05) is 19.3 Å². The summed E-state index contributed by atoms with van der Waals surface area (Å²) >= 11 is 0. The van der Waals surface area contributed by atoms with E-state index in [0.717, 1.165) is 75.5 Å². The molecule has 0 N–H and O–H groups in total. The summed E-state index contributed by atoms with van der Waals surface area (Å²) in [4.78, 5) is 38.0. The Morgan fingerprint density at radius 3 is 0.881 bits per heavy atom. The zero-order valence-corrected chi connectivity index (χ0v) is 40.5. The number of ether oxygens (including phenoxy) is 3. The van der Waals surface area contributed by atoms with Gasteiger partial charge in [-0.25, -0.2) is 0 Å². The third-order valence-electron chi connectivity index (χ3n) is 12.3. The van der Waals surface area contributed by atoms with Crippen LogP contribution in [0.25, 0.3) is 0 Å². The van der Waals surface area contributed by atoms with Gasteiger partial charge in [0.05, 0.1) is 0 Å². The summed E-state index contributed by atoms with van der Waals surface area (Å²) in [6.07, 6.45) is 43.7. The van der Waals surface area contributed by atoms with Crippen LogP contribution >= 0.6 is 0 Å². The summed E-state index contributed by atoms with van der Waals surface area (Å²) in [5.41, 5.74) is 0. The third-order valence-corrected chi connectivity index (χ3v) is 12.3. The van der Waals surface area contributed by atoms with E-state index in [1.165, 1.54) is 167 Å². The summed E-state index contributed by atoms with van der Waals surface area (Å²) in [7, 11) is 0. The number of carbonyl (C=O) groups is 3. The van der Waals surface area contributed by atoms with Gasteiger partial charge < -0.3 is 14.2 Å². The maximum Gasteiger partial charge on any atom is 0.306 e. The molecule has 0 aliphatic rings. The van der Waals surface area contributed by atoms with Crippen molar-refractivity contribution in [2.45, 2.75) is 292 Å². The normalized spacial score (nSPS) is 12.6. The highest BCUT2D eigenvalue weighted by molar-refractivity contribution is 5.71. The number of unbranched alkanes of at least 4 members (excludes halogenated alkanes) is 28. The van der Waals surface area contributed by atoms with E-state index in [-0.39, 0.29) is 31.1 Å². The van der Waals surface area contributed by atoms with Crippen molar-refractivity contribution in [1.29, 1.82) is 0 Å². The maximum atomic E-state index is 12.8. The first-order valence-electron chi connectivity index (χ1n) is 26.1. The number of hydrogen-bond donors (Lipinski definition) is 0. The van der Waals surface area contributed by atoms with Gasteiger partial charge in [0.1, 0.15) is 13.2 Å². The lowest BCUT2D eigenvalue weighted by Crippen LogP contribution is -2.30. The Morgan fingerprint density at radius 2 is 0.593 bits per heavy atom. The predicted molar refractivity (Wildman–Crippen MR) is 252 cm³/mol. The summed E-state index contributed by atoms with van der Waals surface area (Å²) in [5.74, 6) is 1.66. The first kappa shape index (κ1) is 57.4. The lowest BCUT2D eigenvalue weighted by Gasteiger charge is -2.18. The van der Waals surface area contributed by atoms with Crippen molar-refractivity contribution in [2.75, 3.05) is 13.2 Å². The molecule has 6 heteroatoms. The van der Waals surface area contributed by atoms with Crippen LogP contribution in [0.2, 0.25) is 0 Å². The minimum absolute atomic E-state index is 0.0648. The molecule has 2 atom stereocenters. The standard InChI is InChI=1S/C53H102O6/c1-7-49(6)41-35-29-23-17-12-14-20-26-32-38-44-53(56)59-50(46-58-52(55)43-37-31-25-19-13-11-16-22-28-34-40-48(4)5)45-57-51(54)42-36-30-24-18-10-8-9-15-21-27-33-39-47(2)3/h47-50H,7-46H2,1-6H3/t49?,50-/m1/s1. The molecule has 59 heavy (non-hydrogen) atoms. The van der Waals surface area contributed by atoms with Gasteiger partial charge in [-0.2, -0.15) is 0 Å². The molecule has 0 aliphatic carbocycles. The average Bonchev–Trinajstić information content (AvgIpc) is 3.20. The Hall–Kier alpha value is -1.59. The van der Waals surface area contributed by atoms with Crippen molar-refractivity contribution < 1.29 is 28.6 Å². The third kappa shape index (κ3) is 45.8. The van der Waals surface area contributed by atoms with Crippen LogP contribution in [0.15, 0.2) is 0 Å². The first-order valence-corrected chi connectivity index (χ1v) is 26.1. The second-order valence-corrected chi connectivity index (χ2v) is 19.4. The molecule has 0 fully saturated rings. The molecule has 0 bridgehead atoms. The first-order chi connectivity index (χ1) is 28.6. The molecular formula is C53H102O6. The molecule has 6 nitrogen and oxygen atoms in total. The monoisotopic (exact) mass is 835 g/mol. The zero-order chi connectivity index (χ0) is 43.4. The van der Waals surface area contributed by atoms with Gasteiger partial charge in [0.25, 0.3) is 0 Å². The highest BCUT2D eigenvalue weighted by Gasteiger charge is 2.19. The Kier molecular flexibility index (Phi) is 43.3. The summed E-state index contributed by atoms with van der Waals surface area (Å²) in [5, 5.41) is 0. The van der Waals surface area contributed by atoms with Crippen LogP contribution in [0.3, 0.4) is 0 Å². The molecule has 0 saturated carbocycles. The highest BCUT2D eigenvalue weighted by atomic mass is 16.6. The van der Waals surface area contributed by atoms with Gasteiger partial charge in [0.15, 0.2) is 6.10 Å². The van der Waals surface area contributed by atoms with E-state index < -0.39 is 6.10 Å². The summed E-state index contributed by atoms with van der Waals surface area (Å²) in [6.45, 7) is 13.7. The lowest BCUT2D eigenvalue weighted by molar-refractivity contribution is -0.167. The SMILES string of the molecule is CCC(C)CCCCCCCCCCCCC(=O)O[C@H](COC(=O)CCCCCCCCCCCCCC(C)C)COC(=O)CCCCCCCCCCCCC(C)C. The van der Waals surface area contributed by atoms with Crippen molar-refractivity contribution in [3.8, 4) is 0 Å². The molecule has 0 aliphatic heterocycles. The Bertz CT molecular complexity index is 916. The lowest BCUT2D eigenvalue weighted by atomic mass is 9.99. The highest BCUT2D eigenvalue weighted by Crippen LogP contribution is 2.18. The topological polar surface area (TPSA) is 78.9 Å². The van der Waals surface area contributed by atoms with Crippen LogP contribution in [-0.4, -0.2) is 37.2 Å². The van der Waals surface area contributed by atoms with Gasteiger partial charge in [-0.1, -0.05) is 247 Å². The number of hydrogen-bond acceptors (Lipinski definition) is 6. The number of esters is 3. The Labute approximate surface area is 368 Å². The summed E-state index contributed by atoms with van der Waals surface area (Å²) < 4.78 is 16.8.